The molecule has 1 aromatic carbocycles. The molecule has 4 nitrogen and oxygen atoms in total. The average Bonchev–Trinajstić information content (AvgIpc) is 2.88. The van der Waals surface area contributed by atoms with E-state index in [0.717, 1.165) is 36.9 Å². The highest BCUT2D eigenvalue weighted by molar-refractivity contribution is 6.33. The van der Waals surface area contributed by atoms with E-state index in [2.05, 4.69) is 22.2 Å². The van der Waals surface area contributed by atoms with E-state index in [0.29, 0.717) is 23.6 Å². The zero-order chi connectivity index (χ0) is 21.7. The summed E-state index contributed by atoms with van der Waals surface area (Å²) < 4.78 is 40.8. The Bertz CT molecular complexity index is 873. The second-order valence-corrected chi connectivity index (χ2v) is 7.80. The van der Waals surface area contributed by atoms with Crippen LogP contribution in [-0.2, 0) is 11.3 Å². The summed E-state index contributed by atoms with van der Waals surface area (Å²) >= 11 is 6.43. The van der Waals surface area contributed by atoms with Crippen molar-refractivity contribution in [3.63, 3.8) is 0 Å². The first kappa shape index (κ1) is 22.4. The van der Waals surface area contributed by atoms with Crippen molar-refractivity contribution in [1.29, 1.82) is 0 Å². The fourth-order valence-corrected chi connectivity index (χ4v) is 3.89. The molecule has 1 aliphatic heterocycles. The van der Waals surface area contributed by atoms with Crippen LogP contribution in [0.2, 0.25) is 0 Å². The van der Waals surface area contributed by atoms with Crippen molar-refractivity contribution in [2.45, 2.75) is 38.6 Å². The van der Waals surface area contributed by atoms with Gasteiger partial charge in [0.25, 0.3) is 5.91 Å². The molecule has 0 unspecified atom stereocenters. The molecule has 3 rings (SSSR count). The molecule has 2 aliphatic rings. The summed E-state index contributed by atoms with van der Waals surface area (Å²) in [6, 6.07) is 5.55. The fraction of sp³-hybridized carbons (Fsp3) is 0.409. The summed E-state index contributed by atoms with van der Waals surface area (Å²) in [6.45, 7) is 1.68. The monoisotopic (exact) mass is 440 g/mol. The Labute approximate surface area is 179 Å². The summed E-state index contributed by atoms with van der Waals surface area (Å²) in [7, 11) is 1.93. The number of alkyl halides is 3. The van der Waals surface area contributed by atoms with Crippen LogP contribution in [-0.4, -0.2) is 37.3 Å². The number of allylic oxidation sites excluding steroid dienone is 4. The van der Waals surface area contributed by atoms with E-state index in [-0.39, 0.29) is 18.2 Å². The van der Waals surface area contributed by atoms with E-state index in [1.54, 1.807) is 4.90 Å². The Balaban J connectivity index is 1.68. The van der Waals surface area contributed by atoms with Crippen LogP contribution in [0.25, 0.3) is 0 Å². The number of carbonyl (C=O) groups excluding carboxylic acids is 1. The molecule has 1 heterocycles. The van der Waals surface area contributed by atoms with Gasteiger partial charge in [0.15, 0.2) is 0 Å². The largest absolute Gasteiger partial charge is 0.573 e. The predicted octanol–water partition coefficient (Wildman–Crippen LogP) is 5.07. The van der Waals surface area contributed by atoms with Gasteiger partial charge in [0.2, 0.25) is 0 Å². The van der Waals surface area contributed by atoms with Gasteiger partial charge in [0, 0.05) is 24.5 Å². The van der Waals surface area contributed by atoms with Crippen LogP contribution < -0.4 is 10.1 Å². The number of benzene rings is 1. The molecule has 0 aromatic heterocycles. The van der Waals surface area contributed by atoms with Crippen molar-refractivity contribution < 1.29 is 22.7 Å². The standard InChI is InChI=1S/C22H24ClF3N2O2/c1-27-11-3-2-4-15-7-10-19(23)20-17(12-15)14-28(21(20)29)13-16-5-8-18(9-6-16)30-22(24,25)26/h5-9,12,27H,2-4,10-11,13-14H2,1H3. The molecule has 162 valence electrons. The number of halogens is 4. The molecule has 1 fully saturated rings. The summed E-state index contributed by atoms with van der Waals surface area (Å²) in [5, 5.41) is 3.67. The Morgan fingerprint density at radius 2 is 1.93 bits per heavy atom. The Hall–Kier alpha value is -2.25. The molecule has 1 amide bonds. The third-order valence-corrected chi connectivity index (χ3v) is 5.37. The maximum atomic E-state index is 12.9. The lowest BCUT2D eigenvalue weighted by Crippen LogP contribution is -2.24. The van der Waals surface area contributed by atoms with Crippen LogP contribution in [0.4, 0.5) is 13.2 Å². The van der Waals surface area contributed by atoms with Crippen molar-refractivity contribution in [2.75, 3.05) is 20.1 Å². The van der Waals surface area contributed by atoms with Crippen molar-refractivity contribution in [3.8, 4) is 5.75 Å². The quantitative estimate of drug-likeness (QED) is 0.574. The first-order chi connectivity index (χ1) is 14.3. The zero-order valence-electron chi connectivity index (χ0n) is 16.7. The second kappa shape index (κ2) is 9.71. The third-order valence-electron chi connectivity index (χ3n) is 5.03. The van der Waals surface area contributed by atoms with E-state index in [4.69, 9.17) is 11.6 Å². The molecule has 0 spiro atoms. The minimum atomic E-state index is -4.73. The molecule has 1 saturated heterocycles. The molecule has 1 aromatic rings. The van der Waals surface area contributed by atoms with E-state index in [1.807, 2.05) is 7.05 Å². The number of ether oxygens (including phenoxy) is 1. The van der Waals surface area contributed by atoms with Crippen LogP contribution in [0, 0.1) is 0 Å². The van der Waals surface area contributed by atoms with Crippen molar-refractivity contribution >= 4 is 17.5 Å². The van der Waals surface area contributed by atoms with Gasteiger partial charge in [0.05, 0.1) is 5.57 Å². The number of likely N-dealkylation sites (tertiary alicyclic amines) is 1. The molecule has 0 radical (unpaired) electrons. The fourth-order valence-electron chi connectivity index (χ4n) is 3.62. The molecule has 1 N–H and O–H groups in total. The van der Waals surface area contributed by atoms with Gasteiger partial charge in [0.1, 0.15) is 5.75 Å². The molecule has 0 bridgehead atoms. The first-order valence-corrected chi connectivity index (χ1v) is 10.2. The molecule has 0 saturated carbocycles. The third kappa shape index (κ3) is 5.89. The highest BCUT2D eigenvalue weighted by Crippen LogP contribution is 2.35. The summed E-state index contributed by atoms with van der Waals surface area (Å²) in [5.74, 6) is -0.433. The maximum absolute atomic E-state index is 12.9. The van der Waals surface area contributed by atoms with Crippen LogP contribution in [0.15, 0.2) is 58.2 Å². The van der Waals surface area contributed by atoms with Crippen LogP contribution >= 0.6 is 11.6 Å². The lowest BCUT2D eigenvalue weighted by molar-refractivity contribution is -0.274. The Morgan fingerprint density at radius 1 is 1.20 bits per heavy atom. The van der Waals surface area contributed by atoms with Crippen LogP contribution in [0.1, 0.15) is 31.2 Å². The highest BCUT2D eigenvalue weighted by atomic mass is 35.5. The zero-order valence-corrected chi connectivity index (χ0v) is 17.4. The minimum Gasteiger partial charge on any atom is -0.406 e. The van der Waals surface area contributed by atoms with Gasteiger partial charge in [-0.05, 0) is 56.1 Å². The van der Waals surface area contributed by atoms with Gasteiger partial charge in [-0.15, -0.1) is 13.2 Å². The van der Waals surface area contributed by atoms with Crippen molar-refractivity contribution in [1.82, 2.24) is 10.2 Å². The Morgan fingerprint density at radius 3 is 2.60 bits per heavy atom. The van der Waals surface area contributed by atoms with E-state index in [9.17, 15) is 18.0 Å². The number of nitrogens with one attached hydrogen (secondary N) is 1. The first-order valence-electron chi connectivity index (χ1n) is 9.84. The lowest BCUT2D eigenvalue weighted by atomic mass is 10.0. The second-order valence-electron chi connectivity index (χ2n) is 7.35. The molecule has 30 heavy (non-hydrogen) atoms. The smallest absolute Gasteiger partial charge is 0.406 e. The summed E-state index contributed by atoms with van der Waals surface area (Å²) in [4.78, 5) is 14.6. The summed E-state index contributed by atoms with van der Waals surface area (Å²) in [5.41, 5.74) is 3.35. The van der Waals surface area contributed by atoms with Gasteiger partial charge >= 0.3 is 6.36 Å². The molecule has 8 heteroatoms. The number of carbonyl (C=O) groups is 1. The van der Waals surface area contributed by atoms with E-state index >= 15 is 0 Å². The molecular weight excluding hydrogens is 417 g/mol. The van der Waals surface area contributed by atoms with Crippen molar-refractivity contribution in [3.05, 3.63) is 63.7 Å². The number of hydrogen-bond acceptors (Lipinski definition) is 3. The van der Waals surface area contributed by atoms with Gasteiger partial charge < -0.3 is 15.0 Å². The number of nitrogens with zero attached hydrogens (tertiary/aromatic N) is 1. The van der Waals surface area contributed by atoms with Gasteiger partial charge in [-0.3, -0.25) is 4.79 Å². The molecule has 0 atom stereocenters. The SMILES string of the molecule is CNCCCCC1=CCC(Cl)=C2C(=O)N(Cc3ccc(OC(F)(F)F)cc3)CC2=C1. The Kier molecular flexibility index (Phi) is 7.26. The average molecular weight is 441 g/mol. The molecule has 1 aliphatic carbocycles. The van der Waals surface area contributed by atoms with Gasteiger partial charge in [-0.25, -0.2) is 0 Å². The van der Waals surface area contributed by atoms with Gasteiger partial charge in [-0.2, -0.15) is 0 Å². The van der Waals surface area contributed by atoms with E-state index in [1.165, 1.54) is 29.8 Å². The van der Waals surface area contributed by atoms with Crippen LogP contribution in [0.3, 0.4) is 0 Å². The van der Waals surface area contributed by atoms with E-state index < -0.39 is 6.36 Å². The summed E-state index contributed by atoms with van der Waals surface area (Å²) in [6.07, 6.45) is 2.99. The number of amides is 1. The number of unbranched alkanes of at least 4 members (excludes halogenated alkanes) is 1. The number of fused-ring (bicyclic) bond motifs is 1. The highest BCUT2D eigenvalue weighted by Gasteiger charge is 2.34. The van der Waals surface area contributed by atoms with Crippen LogP contribution in [0.5, 0.6) is 5.75 Å². The number of rotatable bonds is 8. The molecular formula is C22H24ClF3N2O2. The topological polar surface area (TPSA) is 41.6 Å². The predicted molar refractivity (Wildman–Crippen MR) is 110 cm³/mol. The number of hydrogen-bond donors (Lipinski definition) is 1. The normalized spacial score (nSPS) is 17.0. The lowest BCUT2D eigenvalue weighted by Gasteiger charge is -2.16. The maximum Gasteiger partial charge on any atom is 0.573 e. The van der Waals surface area contributed by atoms with Crippen molar-refractivity contribution in [2.24, 2.45) is 0 Å². The van der Waals surface area contributed by atoms with Gasteiger partial charge in [-0.1, -0.05) is 41.5 Å². The minimum absolute atomic E-state index is 0.147.